The Bertz CT molecular complexity index is 586. The maximum absolute atomic E-state index is 12.5. The van der Waals surface area contributed by atoms with Gasteiger partial charge in [0.1, 0.15) is 18.5 Å². The highest BCUT2D eigenvalue weighted by Gasteiger charge is 2.19. The molecule has 6 heteroatoms. The summed E-state index contributed by atoms with van der Waals surface area (Å²) < 4.78 is 30.7. The number of halogens is 2. The van der Waals surface area contributed by atoms with Crippen LogP contribution >= 0.6 is 0 Å². The summed E-state index contributed by atoms with van der Waals surface area (Å²) in [6, 6.07) is 7.45. The first-order valence-electron chi connectivity index (χ1n) is 7.36. The number of rotatable bonds is 8. The third kappa shape index (κ3) is 4.42. The Labute approximate surface area is 128 Å². The predicted octanol–water partition coefficient (Wildman–Crippen LogP) is 2.88. The van der Waals surface area contributed by atoms with Gasteiger partial charge in [-0.3, -0.25) is 4.90 Å². The molecule has 1 unspecified atom stereocenters. The fraction of sp³-hybridized carbons (Fsp3) is 0.500. The quantitative estimate of drug-likeness (QED) is 0.788. The number of aromatic amines is 1. The first-order valence-corrected chi connectivity index (χ1v) is 7.36. The molecule has 0 aliphatic heterocycles. The Hall–Kier alpha value is -1.66. The fourth-order valence-corrected chi connectivity index (χ4v) is 2.37. The second kappa shape index (κ2) is 7.56. The molecule has 0 spiro atoms. The number of aromatic nitrogens is 1. The van der Waals surface area contributed by atoms with E-state index in [2.05, 4.69) is 4.98 Å². The molecule has 2 N–H and O–H groups in total. The highest BCUT2D eigenvalue weighted by Crippen LogP contribution is 2.24. The summed E-state index contributed by atoms with van der Waals surface area (Å²) in [5.41, 5.74) is 0.952. The molecule has 1 atom stereocenters. The maximum Gasteiger partial charge on any atom is 0.251 e. The lowest BCUT2D eigenvalue weighted by atomic mass is 10.2. The number of ether oxygens (including phenoxy) is 1. The number of hydrogen-bond donors (Lipinski definition) is 2. The molecule has 1 aromatic carbocycles. The normalized spacial score (nSPS) is 13.5. The van der Waals surface area contributed by atoms with E-state index >= 15 is 0 Å². The molecule has 1 aromatic heterocycles. The average Bonchev–Trinajstić information content (AvgIpc) is 2.92. The first kappa shape index (κ1) is 16.7. The van der Waals surface area contributed by atoms with Gasteiger partial charge in [0.25, 0.3) is 6.43 Å². The molecular weight excluding hydrogens is 290 g/mol. The van der Waals surface area contributed by atoms with E-state index in [0.717, 1.165) is 10.9 Å². The molecule has 0 aliphatic rings. The Morgan fingerprint density at radius 1 is 1.23 bits per heavy atom. The SMILES string of the molecule is CC(C)N(CC(F)F)CC(O)COc1cccc2[nH]ccc12. The minimum atomic E-state index is -2.41. The molecule has 2 rings (SSSR count). The molecule has 0 aliphatic carbocycles. The van der Waals surface area contributed by atoms with Crippen LogP contribution in [0.3, 0.4) is 0 Å². The van der Waals surface area contributed by atoms with Crippen LogP contribution in [0.1, 0.15) is 13.8 Å². The van der Waals surface area contributed by atoms with Crippen LogP contribution in [0, 0.1) is 0 Å². The van der Waals surface area contributed by atoms with Gasteiger partial charge in [-0.2, -0.15) is 0 Å². The van der Waals surface area contributed by atoms with Crippen LogP contribution in [0.4, 0.5) is 8.78 Å². The Morgan fingerprint density at radius 2 is 2.00 bits per heavy atom. The third-order valence-corrected chi connectivity index (χ3v) is 3.53. The van der Waals surface area contributed by atoms with Gasteiger partial charge in [0.2, 0.25) is 0 Å². The number of hydrogen-bond acceptors (Lipinski definition) is 3. The van der Waals surface area contributed by atoms with E-state index in [1.807, 2.05) is 44.3 Å². The Morgan fingerprint density at radius 3 is 2.68 bits per heavy atom. The number of alkyl halides is 2. The van der Waals surface area contributed by atoms with Crippen molar-refractivity contribution in [1.29, 1.82) is 0 Å². The minimum Gasteiger partial charge on any atom is -0.490 e. The van der Waals surface area contributed by atoms with Gasteiger partial charge in [0.15, 0.2) is 0 Å². The standard InChI is InChI=1S/C16H22F2N2O2/c1-11(2)20(9-16(17)18)8-12(21)10-22-15-5-3-4-14-13(15)6-7-19-14/h3-7,11-12,16,19,21H,8-10H2,1-2H3. The average molecular weight is 312 g/mol. The second-order valence-corrected chi connectivity index (χ2v) is 5.60. The van der Waals surface area contributed by atoms with E-state index < -0.39 is 12.5 Å². The van der Waals surface area contributed by atoms with Crippen molar-refractivity contribution in [3.05, 3.63) is 30.5 Å². The molecule has 2 aromatic rings. The van der Waals surface area contributed by atoms with E-state index in [-0.39, 0.29) is 25.7 Å². The smallest absolute Gasteiger partial charge is 0.251 e. The Kier molecular flexibility index (Phi) is 5.74. The Balaban J connectivity index is 1.91. The van der Waals surface area contributed by atoms with Crippen molar-refractivity contribution >= 4 is 10.9 Å². The molecule has 1 heterocycles. The van der Waals surface area contributed by atoms with Gasteiger partial charge in [-0.05, 0) is 32.0 Å². The third-order valence-electron chi connectivity index (χ3n) is 3.53. The van der Waals surface area contributed by atoms with Crippen molar-refractivity contribution < 1.29 is 18.6 Å². The van der Waals surface area contributed by atoms with E-state index in [4.69, 9.17) is 4.74 Å². The van der Waals surface area contributed by atoms with Gasteiger partial charge in [-0.25, -0.2) is 8.78 Å². The zero-order valence-corrected chi connectivity index (χ0v) is 12.8. The number of H-pyrrole nitrogens is 1. The number of aliphatic hydroxyl groups excluding tert-OH is 1. The van der Waals surface area contributed by atoms with E-state index in [0.29, 0.717) is 5.75 Å². The first-order chi connectivity index (χ1) is 10.5. The van der Waals surface area contributed by atoms with Crippen molar-refractivity contribution in [2.24, 2.45) is 0 Å². The monoisotopic (exact) mass is 312 g/mol. The summed E-state index contributed by atoms with van der Waals surface area (Å²) in [5, 5.41) is 11.0. The molecule has 0 radical (unpaired) electrons. The molecule has 0 bridgehead atoms. The van der Waals surface area contributed by atoms with Crippen molar-refractivity contribution in [1.82, 2.24) is 9.88 Å². The van der Waals surface area contributed by atoms with Crippen LogP contribution in [0.15, 0.2) is 30.5 Å². The number of aliphatic hydroxyl groups is 1. The van der Waals surface area contributed by atoms with Crippen molar-refractivity contribution in [2.75, 3.05) is 19.7 Å². The summed E-state index contributed by atoms with van der Waals surface area (Å²) in [6.45, 7) is 3.54. The van der Waals surface area contributed by atoms with Crippen molar-refractivity contribution in [3.63, 3.8) is 0 Å². The van der Waals surface area contributed by atoms with Crippen LogP contribution in [0.25, 0.3) is 10.9 Å². The van der Waals surface area contributed by atoms with E-state index in [1.165, 1.54) is 0 Å². The van der Waals surface area contributed by atoms with Crippen LogP contribution in [-0.2, 0) is 0 Å². The fourth-order valence-electron chi connectivity index (χ4n) is 2.37. The lowest BCUT2D eigenvalue weighted by Gasteiger charge is -2.28. The van der Waals surface area contributed by atoms with Crippen LogP contribution in [0.2, 0.25) is 0 Å². The number of nitrogens with one attached hydrogen (secondary N) is 1. The maximum atomic E-state index is 12.5. The van der Waals surface area contributed by atoms with E-state index in [9.17, 15) is 13.9 Å². The molecule has 122 valence electrons. The lowest BCUT2D eigenvalue weighted by Crippen LogP contribution is -2.42. The van der Waals surface area contributed by atoms with Gasteiger partial charge < -0.3 is 14.8 Å². The van der Waals surface area contributed by atoms with Gasteiger partial charge >= 0.3 is 0 Å². The van der Waals surface area contributed by atoms with Crippen molar-refractivity contribution in [2.45, 2.75) is 32.4 Å². The van der Waals surface area contributed by atoms with Gasteiger partial charge in [0.05, 0.1) is 6.54 Å². The molecule has 0 fully saturated rings. The van der Waals surface area contributed by atoms with Gasteiger partial charge in [-0.15, -0.1) is 0 Å². The summed E-state index contributed by atoms with van der Waals surface area (Å²) in [4.78, 5) is 4.63. The van der Waals surface area contributed by atoms with Crippen LogP contribution in [-0.4, -0.2) is 53.3 Å². The zero-order chi connectivity index (χ0) is 16.1. The van der Waals surface area contributed by atoms with Crippen LogP contribution in [0.5, 0.6) is 5.75 Å². The molecule has 0 amide bonds. The summed E-state index contributed by atoms with van der Waals surface area (Å²) in [5.74, 6) is 0.669. The summed E-state index contributed by atoms with van der Waals surface area (Å²) in [6.07, 6.45) is -1.42. The lowest BCUT2D eigenvalue weighted by molar-refractivity contribution is 0.0235. The number of nitrogens with zero attached hydrogens (tertiary/aromatic N) is 1. The topological polar surface area (TPSA) is 48.5 Å². The molecular formula is C16H22F2N2O2. The molecule has 0 saturated carbocycles. The van der Waals surface area contributed by atoms with E-state index in [1.54, 1.807) is 4.90 Å². The highest BCUT2D eigenvalue weighted by atomic mass is 19.3. The van der Waals surface area contributed by atoms with Crippen molar-refractivity contribution in [3.8, 4) is 5.75 Å². The van der Waals surface area contributed by atoms with Gasteiger partial charge in [0, 0.05) is 29.7 Å². The number of benzene rings is 1. The largest absolute Gasteiger partial charge is 0.490 e. The second-order valence-electron chi connectivity index (χ2n) is 5.60. The summed E-state index contributed by atoms with van der Waals surface area (Å²) >= 11 is 0. The van der Waals surface area contributed by atoms with Gasteiger partial charge in [-0.1, -0.05) is 6.07 Å². The predicted molar refractivity (Wildman–Crippen MR) is 82.5 cm³/mol. The highest BCUT2D eigenvalue weighted by molar-refractivity contribution is 5.85. The molecule has 4 nitrogen and oxygen atoms in total. The van der Waals surface area contributed by atoms with Crippen LogP contribution < -0.4 is 4.74 Å². The molecule has 22 heavy (non-hydrogen) atoms. The minimum absolute atomic E-state index is 0.0586. The zero-order valence-electron chi connectivity index (χ0n) is 12.8. The molecule has 0 saturated heterocycles. The number of fused-ring (bicyclic) bond motifs is 1. The summed E-state index contributed by atoms with van der Waals surface area (Å²) in [7, 11) is 0.